The number of nitrogens with one attached hydrogen (secondary N) is 2. The Bertz CT molecular complexity index is 870. The molecule has 1 saturated carbocycles. The molecule has 2 aromatic carbocycles. The molecule has 2 N–H and O–H groups in total. The summed E-state index contributed by atoms with van der Waals surface area (Å²) in [6.07, 6.45) is 5.25. The first-order valence-electron chi connectivity index (χ1n) is 8.95. The second-order valence-electron chi connectivity index (χ2n) is 6.77. The van der Waals surface area contributed by atoms with Gasteiger partial charge in [0.2, 0.25) is 5.91 Å². The van der Waals surface area contributed by atoms with Gasteiger partial charge in [0, 0.05) is 11.6 Å². The van der Waals surface area contributed by atoms with E-state index >= 15 is 0 Å². The SMILES string of the molecule is Cc1ccccc1NS(=O)(=O)c1ccc(NC(=O)C2CCCCC2)cc1. The summed E-state index contributed by atoms with van der Waals surface area (Å²) in [4.78, 5) is 12.4. The van der Waals surface area contributed by atoms with E-state index in [-0.39, 0.29) is 16.7 Å². The van der Waals surface area contributed by atoms with Crippen LogP contribution in [0.1, 0.15) is 37.7 Å². The molecule has 0 spiro atoms. The van der Waals surface area contributed by atoms with Gasteiger partial charge in [0.15, 0.2) is 0 Å². The molecule has 5 nitrogen and oxygen atoms in total. The fourth-order valence-electron chi connectivity index (χ4n) is 3.22. The van der Waals surface area contributed by atoms with Crippen LogP contribution >= 0.6 is 0 Å². The zero-order valence-corrected chi connectivity index (χ0v) is 15.7. The van der Waals surface area contributed by atoms with Crippen molar-refractivity contribution in [1.82, 2.24) is 0 Å². The summed E-state index contributed by atoms with van der Waals surface area (Å²) < 4.78 is 27.7. The summed E-state index contributed by atoms with van der Waals surface area (Å²) in [6.45, 7) is 1.85. The lowest BCUT2D eigenvalue weighted by molar-refractivity contribution is -0.120. The van der Waals surface area contributed by atoms with Crippen molar-refractivity contribution in [3.8, 4) is 0 Å². The molecule has 0 unspecified atom stereocenters. The third-order valence-corrected chi connectivity index (χ3v) is 6.18. The lowest BCUT2D eigenvalue weighted by Gasteiger charge is -2.20. The Morgan fingerprint density at radius 3 is 2.27 bits per heavy atom. The lowest BCUT2D eigenvalue weighted by Crippen LogP contribution is -2.24. The van der Waals surface area contributed by atoms with Crippen LogP contribution in [0.25, 0.3) is 0 Å². The van der Waals surface area contributed by atoms with Gasteiger partial charge in [0.05, 0.1) is 10.6 Å². The van der Waals surface area contributed by atoms with E-state index in [2.05, 4.69) is 10.0 Å². The van der Waals surface area contributed by atoms with E-state index in [1.54, 1.807) is 24.3 Å². The normalized spacial score (nSPS) is 15.4. The third-order valence-electron chi connectivity index (χ3n) is 4.80. The van der Waals surface area contributed by atoms with Crippen LogP contribution in [0.2, 0.25) is 0 Å². The third kappa shape index (κ3) is 4.43. The number of anilines is 2. The van der Waals surface area contributed by atoms with Crippen LogP contribution in [0.15, 0.2) is 53.4 Å². The van der Waals surface area contributed by atoms with Gasteiger partial charge in [-0.2, -0.15) is 0 Å². The molecule has 0 aliphatic heterocycles. The fourth-order valence-corrected chi connectivity index (χ4v) is 4.35. The molecule has 6 heteroatoms. The zero-order valence-electron chi connectivity index (χ0n) is 14.9. The van der Waals surface area contributed by atoms with E-state index in [9.17, 15) is 13.2 Å². The number of para-hydroxylation sites is 1. The number of benzene rings is 2. The predicted molar refractivity (Wildman–Crippen MR) is 104 cm³/mol. The van der Waals surface area contributed by atoms with Gasteiger partial charge in [0.25, 0.3) is 10.0 Å². The summed E-state index contributed by atoms with van der Waals surface area (Å²) in [5.41, 5.74) is 2.03. The molecule has 1 fully saturated rings. The van der Waals surface area contributed by atoms with Crippen molar-refractivity contribution in [2.45, 2.75) is 43.9 Å². The van der Waals surface area contributed by atoms with E-state index in [1.807, 2.05) is 19.1 Å². The van der Waals surface area contributed by atoms with Crippen molar-refractivity contribution in [2.24, 2.45) is 5.92 Å². The summed E-state index contributed by atoms with van der Waals surface area (Å²) >= 11 is 0. The standard InChI is InChI=1S/C20H24N2O3S/c1-15-7-5-6-10-19(15)22-26(24,25)18-13-11-17(12-14-18)21-20(23)16-8-3-2-4-9-16/h5-7,10-14,16,22H,2-4,8-9H2,1H3,(H,21,23). The summed E-state index contributed by atoms with van der Waals surface area (Å²) in [7, 11) is -3.66. The van der Waals surface area contributed by atoms with Crippen LogP contribution < -0.4 is 10.0 Å². The average Bonchev–Trinajstić information content (AvgIpc) is 2.65. The molecule has 1 amide bonds. The molecule has 1 aliphatic carbocycles. The van der Waals surface area contributed by atoms with Gasteiger partial charge in [-0.05, 0) is 55.7 Å². The highest BCUT2D eigenvalue weighted by Crippen LogP contribution is 2.25. The number of sulfonamides is 1. The van der Waals surface area contributed by atoms with Crippen LogP contribution in [0.5, 0.6) is 0 Å². The van der Waals surface area contributed by atoms with Crippen molar-refractivity contribution in [3.05, 3.63) is 54.1 Å². The van der Waals surface area contributed by atoms with Crippen LogP contribution in [0.4, 0.5) is 11.4 Å². The van der Waals surface area contributed by atoms with Crippen molar-refractivity contribution >= 4 is 27.3 Å². The van der Waals surface area contributed by atoms with Crippen LogP contribution in [-0.4, -0.2) is 14.3 Å². The van der Waals surface area contributed by atoms with Gasteiger partial charge in [-0.1, -0.05) is 37.5 Å². The van der Waals surface area contributed by atoms with Gasteiger partial charge in [-0.3, -0.25) is 9.52 Å². The number of hydrogen-bond donors (Lipinski definition) is 2. The number of carbonyl (C=O) groups is 1. The molecule has 0 saturated heterocycles. The Hall–Kier alpha value is -2.34. The van der Waals surface area contributed by atoms with Gasteiger partial charge < -0.3 is 5.32 Å². The number of amides is 1. The molecule has 3 rings (SSSR count). The highest BCUT2D eigenvalue weighted by Gasteiger charge is 2.21. The Labute approximate surface area is 154 Å². The van der Waals surface area contributed by atoms with Crippen molar-refractivity contribution in [1.29, 1.82) is 0 Å². The van der Waals surface area contributed by atoms with Crippen LogP contribution in [0, 0.1) is 12.8 Å². The lowest BCUT2D eigenvalue weighted by atomic mass is 9.88. The number of aryl methyl sites for hydroxylation is 1. The predicted octanol–water partition coefficient (Wildman–Crippen LogP) is 4.31. The fraction of sp³-hybridized carbons (Fsp3) is 0.350. The minimum absolute atomic E-state index is 0.0262. The van der Waals surface area contributed by atoms with E-state index in [0.29, 0.717) is 11.4 Å². The first-order valence-corrected chi connectivity index (χ1v) is 10.4. The molecule has 0 aromatic heterocycles. The largest absolute Gasteiger partial charge is 0.326 e. The Balaban J connectivity index is 1.68. The average molecular weight is 372 g/mol. The molecular formula is C20H24N2O3S. The summed E-state index contributed by atoms with van der Waals surface area (Å²) in [6, 6.07) is 13.5. The highest BCUT2D eigenvalue weighted by atomic mass is 32.2. The van der Waals surface area contributed by atoms with Crippen LogP contribution in [0.3, 0.4) is 0 Å². The number of hydrogen-bond acceptors (Lipinski definition) is 3. The van der Waals surface area contributed by atoms with E-state index in [0.717, 1.165) is 31.2 Å². The van der Waals surface area contributed by atoms with E-state index in [1.165, 1.54) is 18.6 Å². The Kier molecular flexibility index (Phi) is 5.61. The molecule has 138 valence electrons. The molecule has 2 aromatic rings. The Morgan fingerprint density at radius 1 is 0.962 bits per heavy atom. The molecule has 26 heavy (non-hydrogen) atoms. The van der Waals surface area contributed by atoms with Gasteiger partial charge in [-0.15, -0.1) is 0 Å². The molecule has 1 aliphatic rings. The van der Waals surface area contributed by atoms with Gasteiger partial charge in [0.1, 0.15) is 0 Å². The quantitative estimate of drug-likeness (QED) is 0.821. The number of carbonyl (C=O) groups excluding carboxylic acids is 1. The first-order chi connectivity index (χ1) is 12.5. The first kappa shape index (κ1) is 18.5. The molecule has 0 bridgehead atoms. The Morgan fingerprint density at radius 2 is 1.62 bits per heavy atom. The molecule has 0 atom stereocenters. The summed E-state index contributed by atoms with van der Waals surface area (Å²) in [5.74, 6) is 0.0909. The van der Waals surface area contributed by atoms with Crippen molar-refractivity contribution < 1.29 is 13.2 Å². The van der Waals surface area contributed by atoms with Gasteiger partial charge in [-0.25, -0.2) is 8.42 Å². The van der Waals surface area contributed by atoms with Crippen molar-refractivity contribution in [2.75, 3.05) is 10.0 Å². The van der Waals surface area contributed by atoms with Gasteiger partial charge >= 0.3 is 0 Å². The maximum atomic E-state index is 12.5. The minimum atomic E-state index is -3.66. The molecule has 0 radical (unpaired) electrons. The minimum Gasteiger partial charge on any atom is -0.326 e. The second-order valence-corrected chi connectivity index (χ2v) is 8.45. The van der Waals surface area contributed by atoms with E-state index in [4.69, 9.17) is 0 Å². The smallest absolute Gasteiger partial charge is 0.261 e. The molecule has 0 heterocycles. The second kappa shape index (κ2) is 7.91. The molecular weight excluding hydrogens is 348 g/mol. The van der Waals surface area contributed by atoms with E-state index < -0.39 is 10.0 Å². The topological polar surface area (TPSA) is 75.3 Å². The summed E-state index contributed by atoms with van der Waals surface area (Å²) in [5, 5.41) is 2.89. The van der Waals surface area contributed by atoms with Crippen molar-refractivity contribution in [3.63, 3.8) is 0 Å². The zero-order chi connectivity index (χ0) is 18.6. The maximum Gasteiger partial charge on any atom is 0.261 e. The van der Waals surface area contributed by atoms with Crippen LogP contribution in [-0.2, 0) is 14.8 Å². The monoisotopic (exact) mass is 372 g/mol. The number of rotatable bonds is 5. The maximum absolute atomic E-state index is 12.5. The highest BCUT2D eigenvalue weighted by molar-refractivity contribution is 7.92.